The minimum Gasteiger partial charge on any atom is -0.496 e. The van der Waals surface area contributed by atoms with E-state index in [1.54, 1.807) is 24.0 Å². The molecule has 2 aromatic rings. The number of rotatable bonds is 5. The highest BCUT2D eigenvalue weighted by Crippen LogP contribution is 2.29. The van der Waals surface area contributed by atoms with Crippen LogP contribution in [0.3, 0.4) is 0 Å². The van der Waals surface area contributed by atoms with Gasteiger partial charge in [0.15, 0.2) is 0 Å². The van der Waals surface area contributed by atoms with Crippen molar-refractivity contribution >= 4 is 34.8 Å². The van der Waals surface area contributed by atoms with Gasteiger partial charge < -0.3 is 15.0 Å². The van der Waals surface area contributed by atoms with Crippen LogP contribution in [-0.4, -0.2) is 36.4 Å². The molecule has 1 aliphatic rings. The van der Waals surface area contributed by atoms with Crippen molar-refractivity contribution in [3.8, 4) is 5.75 Å². The molecule has 0 aliphatic carbocycles. The number of ether oxygens (including phenoxy) is 1. The molecule has 1 aromatic heterocycles. The summed E-state index contributed by atoms with van der Waals surface area (Å²) in [6.07, 6.45) is 1.34. The van der Waals surface area contributed by atoms with E-state index in [-0.39, 0.29) is 11.8 Å². The maximum atomic E-state index is 13.6. The van der Waals surface area contributed by atoms with Gasteiger partial charge in [0.05, 0.1) is 22.4 Å². The molecule has 0 radical (unpaired) electrons. The van der Waals surface area contributed by atoms with Gasteiger partial charge in [0.2, 0.25) is 5.91 Å². The summed E-state index contributed by atoms with van der Waals surface area (Å²) in [7, 11) is 1.49. The topological polar surface area (TPSA) is 58.6 Å². The first-order valence-electron chi connectivity index (χ1n) is 8.61. The maximum Gasteiger partial charge on any atom is 0.264 e. The summed E-state index contributed by atoms with van der Waals surface area (Å²) < 4.78 is 19.4. The fourth-order valence-corrected chi connectivity index (χ4v) is 4.28. The van der Waals surface area contributed by atoms with Crippen LogP contribution in [0.2, 0.25) is 4.34 Å². The van der Waals surface area contributed by atoms with E-state index >= 15 is 0 Å². The molecule has 0 bridgehead atoms. The van der Waals surface area contributed by atoms with Crippen LogP contribution in [0.5, 0.6) is 5.75 Å². The van der Waals surface area contributed by atoms with Crippen LogP contribution in [0.15, 0.2) is 30.3 Å². The van der Waals surface area contributed by atoms with Gasteiger partial charge in [-0.1, -0.05) is 11.6 Å². The van der Waals surface area contributed by atoms with Crippen molar-refractivity contribution in [1.82, 2.24) is 10.2 Å². The van der Waals surface area contributed by atoms with Crippen LogP contribution in [-0.2, 0) is 4.79 Å². The average Bonchev–Trinajstić information content (AvgIpc) is 3.30. The lowest BCUT2D eigenvalue weighted by atomic mass is 10.1. The highest BCUT2D eigenvalue weighted by atomic mass is 35.5. The number of carbonyl (C=O) groups excluding carboxylic acids is 2. The van der Waals surface area contributed by atoms with Crippen molar-refractivity contribution in [3.05, 3.63) is 50.9 Å². The summed E-state index contributed by atoms with van der Waals surface area (Å²) in [5.74, 6) is -0.362. The zero-order valence-electron chi connectivity index (χ0n) is 15.0. The number of nitrogens with one attached hydrogen (secondary N) is 1. The summed E-state index contributed by atoms with van der Waals surface area (Å²) in [6.45, 7) is 2.28. The number of likely N-dealkylation sites (tertiary alicyclic amines) is 1. The number of methoxy groups -OCH3 is 1. The van der Waals surface area contributed by atoms with Gasteiger partial charge in [0.1, 0.15) is 17.6 Å². The molecule has 144 valence electrons. The van der Waals surface area contributed by atoms with Crippen LogP contribution < -0.4 is 10.1 Å². The van der Waals surface area contributed by atoms with Gasteiger partial charge in [-0.25, -0.2) is 4.39 Å². The van der Waals surface area contributed by atoms with Crippen LogP contribution in [0.4, 0.5) is 4.39 Å². The number of thiophene rings is 1. The highest BCUT2D eigenvalue weighted by molar-refractivity contribution is 7.17. The first-order chi connectivity index (χ1) is 12.9. The second kappa shape index (κ2) is 8.27. The summed E-state index contributed by atoms with van der Waals surface area (Å²) in [4.78, 5) is 27.6. The Hall–Kier alpha value is -2.12. The molecule has 27 heavy (non-hydrogen) atoms. The zero-order valence-corrected chi connectivity index (χ0v) is 16.6. The molecular formula is C19H20ClFN2O3S. The smallest absolute Gasteiger partial charge is 0.264 e. The van der Waals surface area contributed by atoms with Gasteiger partial charge in [-0.15, -0.1) is 11.3 Å². The van der Waals surface area contributed by atoms with Crippen molar-refractivity contribution in [3.63, 3.8) is 0 Å². The number of hydrogen-bond donors (Lipinski definition) is 1. The number of nitrogens with zero attached hydrogens (tertiary/aromatic N) is 1. The molecule has 1 aromatic carbocycles. The minimum atomic E-state index is -0.555. The lowest BCUT2D eigenvalue weighted by molar-refractivity contribution is -0.125. The van der Waals surface area contributed by atoms with Crippen LogP contribution in [0.25, 0.3) is 0 Å². The van der Waals surface area contributed by atoms with Gasteiger partial charge in [-0.3, -0.25) is 9.59 Å². The molecule has 8 heteroatoms. The zero-order chi connectivity index (χ0) is 19.6. The van der Waals surface area contributed by atoms with E-state index < -0.39 is 17.9 Å². The molecule has 1 fully saturated rings. The van der Waals surface area contributed by atoms with E-state index in [2.05, 4.69) is 5.32 Å². The second-order valence-electron chi connectivity index (χ2n) is 6.38. The number of benzene rings is 1. The van der Waals surface area contributed by atoms with E-state index in [1.807, 2.05) is 0 Å². The monoisotopic (exact) mass is 410 g/mol. The lowest BCUT2D eigenvalue weighted by Crippen LogP contribution is -2.46. The molecular weight excluding hydrogens is 391 g/mol. The average molecular weight is 411 g/mol. The summed E-state index contributed by atoms with van der Waals surface area (Å²) in [5.41, 5.74) is 0.548. The Kier molecular flexibility index (Phi) is 6.01. The molecule has 2 unspecified atom stereocenters. The van der Waals surface area contributed by atoms with Gasteiger partial charge >= 0.3 is 0 Å². The third kappa shape index (κ3) is 4.25. The van der Waals surface area contributed by atoms with Crippen molar-refractivity contribution in [2.45, 2.75) is 31.8 Å². The molecule has 0 saturated carbocycles. The summed E-state index contributed by atoms with van der Waals surface area (Å²) in [6, 6.07) is 6.50. The standard InChI is InChI=1S/C19H20ClFN2O3S/c1-11(13-10-12(21)5-6-15(13)26-2)22-18(24)14-4-3-9-23(14)19(25)16-7-8-17(20)27-16/h5-8,10-11,14H,3-4,9H2,1-2H3,(H,22,24). The maximum absolute atomic E-state index is 13.6. The van der Waals surface area contributed by atoms with Crippen LogP contribution >= 0.6 is 22.9 Å². The van der Waals surface area contributed by atoms with Crippen LogP contribution in [0.1, 0.15) is 41.0 Å². The first-order valence-corrected chi connectivity index (χ1v) is 9.80. The molecule has 1 aliphatic heterocycles. The number of halogens is 2. The van der Waals surface area contributed by atoms with Gasteiger partial charge in [-0.05, 0) is 50.1 Å². The Morgan fingerprint density at radius 3 is 2.81 bits per heavy atom. The SMILES string of the molecule is COc1ccc(F)cc1C(C)NC(=O)C1CCCN1C(=O)c1ccc(Cl)s1. The third-order valence-corrected chi connectivity index (χ3v) is 5.84. The van der Waals surface area contributed by atoms with Crippen molar-refractivity contribution in [1.29, 1.82) is 0 Å². The van der Waals surface area contributed by atoms with Gasteiger partial charge in [0, 0.05) is 12.1 Å². The largest absolute Gasteiger partial charge is 0.496 e. The fraction of sp³-hybridized carbons (Fsp3) is 0.368. The third-order valence-electron chi connectivity index (χ3n) is 4.62. The number of amides is 2. The van der Waals surface area contributed by atoms with Crippen LogP contribution in [0, 0.1) is 5.82 Å². The Morgan fingerprint density at radius 2 is 2.15 bits per heavy atom. The van der Waals surface area contributed by atoms with E-state index in [9.17, 15) is 14.0 Å². The number of hydrogen-bond acceptors (Lipinski definition) is 4. The number of carbonyl (C=O) groups is 2. The molecule has 2 heterocycles. The van der Waals surface area contributed by atoms with E-state index in [1.165, 1.54) is 36.6 Å². The predicted molar refractivity (Wildman–Crippen MR) is 103 cm³/mol. The van der Waals surface area contributed by atoms with Crippen molar-refractivity contribution in [2.24, 2.45) is 0 Å². The lowest BCUT2D eigenvalue weighted by Gasteiger charge is -2.25. The summed E-state index contributed by atoms with van der Waals surface area (Å²) in [5, 5.41) is 2.88. The first kappa shape index (κ1) is 19.6. The predicted octanol–water partition coefficient (Wildman–Crippen LogP) is 4.03. The van der Waals surface area contributed by atoms with E-state index in [4.69, 9.17) is 16.3 Å². The molecule has 5 nitrogen and oxygen atoms in total. The molecule has 1 N–H and O–H groups in total. The normalized spacial score (nSPS) is 17.6. The summed E-state index contributed by atoms with van der Waals surface area (Å²) >= 11 is 7.11. The Bertz CT molecular complexity index is 857. The Balaban J connectivity index is 1.73. The van der Waals surface area contributed by atoms with E-state index in [0.717, 1.165) is 6.42 Å². The second-order valence-corrected chi connectivity index (χ2v) is 8.09. The van der Waals surface area contributed by atoms with Gasteiger partial charge in [0.25, 0.3) is 5.91 Å². The van der Waals surface area contributed by atoms with Crippen molar-refractivity contribution in [2.75, 3.05) is 13.7 Å². The molecule has 0 spiro atoms. The molecule has 3 rings (SSSR count). The molecule has 2 amide bonds. The molecule has 1 saturated heterocycles. The Labute approximate surface area is 166 Å². The molecule has 2 atom stereocenters. The minimum absolute atomic E-state index is 0.194. The fourth-order valence-electron chi connectivity index (χ4n) is 3.28. The van der Waals surface area contributed by atoms with Gasteiger partial charge in [-0.2, -0.15) is 0 Å². The quantitative estimate of drug-likeness (QED) is 0.809. The highest BCUT2D eigenvalue weighted by Gasteiger charge is 2.35. The van der Waals surface area contributed by atoms with E-state index in [0.29, 0.717) is 33.5 Å². The Morgan fingerprint density at radius 1 is 1.37 bits per heavy atom. The van der Waals surface area contributed by atoms with Crippen molar-refractivity contribution < 1.29 is 18.7 Å².